The third-order valence-electron chi connectivity index (χ3n) is 4.18. The molecule has 7 N–H and O–H groups in total. The number of aliphatic hydroxyl groups excluding tert-OH is 5. The number of benzene rings is 1. The zero-order chi connectivity index (χ0) is 24.2. The van der Waals surface area contributed by atoms with Crippen molar-refractivity contribution in [1.29, 1.82) is 0 Å². The predicted molar refractivity (Wildman–Crippen MR) is 134 cm³/mol. The lowest BCUT2D eigenvalue weighted by Crippen LogP contribution is -2.50. The molecule has 0 aromatic heterocycles. The number of carbonyl (C=O) groups is 3. The molecule has 0 saturated carbocycles. The maximum Gasteiger partial charge on any atom is 0.337 e. The van der Waals surface area contributed by atoms with Gasteiger partial charge in [-0.05, 0) is 67.8 Å². The molecule has 0 fully saturated rings. The molecule has 1 aromatic carbocycles. The van der Waals surface area contributed by atoms with E-state index in [4.69, 9.17) is 5.11 Å². The van der Waals surface area contributed by atoms with Crippen LogP contribution in [0.2, 0.25) is 0 Å². The molecule has 2 amide bonds. The molecule has 4 atom stereocenters. The molecular formula is C17H21I3N2O9. The second-order valence-electron chi connectivity index (χ2n) is 6.54. The van der Waals surface area contributed by atoms with E-state index in [2.05, 4.69) is 5.32 Å². The van der Waals surface area contributed by atoms with Gasteiger partial charge in [-0.1, -0.05) is 0 Å². The number of anilines is 1. The summed E-state index contributed by atoms with van der Waals surface area (Å²) in [5.74, 6) is -2.47. The van der Waals surface area contributed by atoms with Crippen LogP contribution in [0.3, 0.4) is 0 Å². The summed E-state index contributed by atoms with van der Waals surface area (Å²) in [5, 5.41) is 60.2. The molecule has 0 aliphatic carbocycles. The molecule has 0 spiro atoms. The van der Waals surface area contributed by atoms with Crippen LogP contribution in [0, 0.1) is 10.7 Å². The number of rotatable bonds is 9. The molecule has 0 radical (unpaired) electrons. The van der Waals surface area contributed by atoms with Gasteiger partial charge in [-0.15, -0.1) is 0 Å². The molecule has 0 aliphatic heterocycles. The number of nitrogens with zero attached hydrogens (tertiary/aromatic N) is 1. The zero-order valence-corrected chi connectivity index (χ0v) is 22.7. The van der Waals surface area contributed by atoms with E-state index in [1.807, 2.05) is 22.6 Å². The third kappa shape index (κ3) is 6.81. The van der Waals surface area contributed by atoms with Gasteiger partial charge in [-0.2, -0.15) is 0 Å². The topological polar surface area (TPSA) is 188 Å². The molecule has 0 bridgehead atoms. The molecule has 11 nitrogen and oxygen atoms in total. The van der Waals surface area contributed by atoms with Crippen LogP contribution in [-0.2, 0) is 4.79 Å². The van der Waals surface area contributed by atoms with E-state index in [1.165, 1.54) is 14.0 Å². The Hall–Kier alpha value is -0.380. The van der Waals surface area contributed by atoms with E-state index in [0.29, 0.717) is 0 Å². The maximum atomic E-state index is 13.1. The average molecular weight is 778 g/mol. The van der Waals surface area contributed by atoms with Crippen LogP contribution in [0.1, 0.15) is 27.6 Å². The van der Waals surface area contributed by atoms with Crippen molar-refractivity contribution in [3.05, 3.63) is 21.8 Å². The minimum Gasteiger partial charge on any atom is -0.478 e. The van der Waals surface area contributed by atoms with Crippen LogP contribution in [0.25, 0.3) is 0 Å². The van der Waals surface area contributed by atoms with Crippen molar-refractivity contribution in [3.63, 3.8) is 0 Å². The van der Waals surface area contributed by atoms with Crippen LogP contribution in [0.15, 0.2) is 0 Å². The molecule has 0 aliphatic rings. The molecule has 174 valence electrons. The molecule has 0 unspecified atom stereocenters. The zero-order valence-electron chi connectivity index (χ0n) is 16.2. The van der Waals surface area contributed by atoms with E-state index in [9.17, 15) is 39.9 Å². The van der Waals surface area contributed by atoms with Crippen molar-refractivity contribution in [3.8, 4) is 0 Å². The van der Waals surface area contributed by atoms with Crippen LogP contribution in [-0.4, -0.2) is 97.9 Å². The van der Waals surface area contributed by atoms with E-state index < -0.39 is 55.4 Å². The van der Waals surface area contributed by atoms with E-state index in [-0.39, 0.29) is 27.5 Å². The smallest absolute Gasteiger partial charge is 0.337 e. The number of aliphatic hydroxyl groups is 5. The Balaban J connectivity index is 3.34. The first-order valence-corrected chi connectivity index (χ1v) is 11.8. The lowest BCUT2D eigenvalue weighted by Gasteiger charge is -2.29. The number of hydrogen-bond donors (Lipinski definition) is 7. The summed E-state index contributed by atoms with van der Waals surface area (Å²) in [5.41, 5.74) is -0.0440. The number of carboxylic acids is 1. The summed E-state index contributed by atoms with van der Waals surface area (Å²) in [6.07, 6.45) is -7.09. The monoisotopic (exact) mass is 778 g/mol. The maximum absolute atomic E-state index is 13.1. The Morgan fingerprint density at radius 3 is 1.87 bits per heavy atom. The summed E-state index contributed by atoms with van der Waals surface area (Å²) in [7, 11) is 1.29. The number of aromatic carboxylic acids is 1. The van der Waals surface area contributed by atoms with Crippen molar-refractivity contribution < 1.29 is 45.0 Å². The van der Waals surface area contributed by atoms with Crippen molar-refractivity contribution in [1.82, 2.24) is 4.90 Å². The van der Waals surface area contributed by atoms with E-state index in [0.717, 1.165) is 4.90 Å². The Morgan fingerprint density at radius 2 is 1.42 bits per heavy atom. The second-order valence-corrected chi connectivity index (χ2v) is 9.77. The minimum absolute atomic E-state index is 0.0251. The largest absolute Gasteiger partial charge is 0.478 e. The summed E-state index contributed by atoms with van der Waals surface area (Å²) < 4.78 is 0.648. The Bertz CT molecular complexity index is 868. The Labute approximate surface area is 218 Å². The number of likely N-dealkylation sites (N-methyl/N-ethyl adjacent to an activating group) is 1. The first kappa shape index (κ1) is 28.7. The third-order valence-corrected chi connectivity index (χ3v) is 7.41. The van der Waals surface area contributed by atoms with Gasteiger partial charge in [0, 0.05) is 24.1 Å². The van der Waals surface area contributed by atoms with Crippen LogP contribution < -0.4 is 5.32 Å². The SMILES string of the molecule is CC(=O)Nc1c(I)c(C(=O)O)c(I)c(C(=O)N(C)C[C@H](O)[C@@H](O)[C@H](O)[C@H](O)CO)c1I. The van der Waals surface area contributed by atoms with Gasteiger partial charge in [-0.3, -0.25) is 9.59 Å². The fraction of sp³-hybridized carbons (Fsp3) is 0.471. The van der Waals surface area contributed by atoms with Gasteiger partial charge in [0.2, 0.25) is 5.91 Å². The number of carboxylic acid groups (broad SMARTS) is 1. The molecule has 1 rings (SSSR count). The second kappa shape index (κ2) is 12.2. The number of carbonyl (C=O) groups excluding carboxylic acids is 2. The van der Waals surface area contributed by atoms with Gasteiger partial charge >= 0.3 is 5.97 Å². The lowest BCUT2D eigenvalue weighted by atomic mass is 10.0. The average Bonchev–Trinajstić information content (AvgIpc) is 2.68. The number of nitrogens with one attached hydrogen (secondary N) is 1. The van der Waals surface area contributed by atoms with Crippen LogP contribution in [0.5, 0.6) is 0 Å². The van der Waals surface area contributed by atoms with Gasteiger partial charge < -0.3 is 40.9 Å². The fourth-order valence-electron chi connectivity index (χ4n) is 2.55. The molecular weight excluding hydrogens is 757 g/mol. The Kier molecular flexibility index (Phi) is 11.3. The number of hydrogen-bond acceptors (Lipinski definition) is 8. The Morgan fingerprint density at radius 1 is 0.935 bits per heavy atom. The number of amides is 2. The molecule has 31 heavy (non-hydrogen) atoms. The van der Waals surface area contributed by atoms with Crippen LogP contribution in [0.4, 0.5) is 5.69 Å². The van der Waals surface area contributed by atoms with Crippen molar-refractivity contribution in [2.45, 2.75) is 31.3 Å². The first-order valence-electron chi connectivity index (χ1n) is 8.56. The summed E-state index contributed by atoms with van der Waals surface area (Å²) >= 11 is 5.29. The molecule has 0 saturated heterocycles. The van der Waals surface area contributed by atoms with Gasteiger partial charge in [0.1, 0.15) is 24.4 Å². The highest BCUT2D eigenvalue weighted by Crippen LogP contribution is 2.36. The number of halogens is 3. The highest BCUT2D eigenvalue weighted by atomic mass is 127. The normalized spacial score (nSPS) is 15.0. The van der Waals surface area contributed by atoms with Gasteiger partial charge in [0.05, 0.1) is 30.6 Å². The molecule has 14 heteroatoms. The summed E-state index contributed by atoms with van der Waals surface area (Å²) in [4.78, 5) is 37.4. The van der Waals surface area contributed by atoms with Crippen LogP contribution >= 0.6 is 67.8 Å². The van der Waals surface area contributed by atoms with Crippen molar-refractivity contribution >= 4 is 91.2 Å². The van der Waals surface area contributed by atoms with Gasteiger partial charge in [0.15, 0.2) is 0 Å². The minimum atomic E-state index is -1.86. The quantitative estimate of drug-likeness (QED) is 0.165. The van der Waals surface area contributed by atoms with E-state index in [1.54, 1.807) is 45.2 Å². The van der Waals surface area contributed by atoms with Gasteiger partial charge in [-0.25, -0.2) is 4.79 Å². The van der Waals surface area contributed by atoms with E-state index >= 15 is 0 Å². The first-order chi connectivity index (χ1) is 14.3. The van der Waals surface area contributed by atoms with Crippen molar-refractivity contribution in [2.75, 3.05) is 25.5 Å². The fourth-order valence-corrected chi connectivity index (χ4v) is 6.91. The highest BCUT2D eigenvalue weighted by molar-refractivity contribution is 14.1. The van der Waals surface area contributed by atoms with Gasteiger partial charge in [0.25, 0.3) is 5.91 Å². The molecule has 0 heterocycles. The van der Waals surface area contributed by atoms with Crippen molar-refractivity contribution in [2.24, 2.45) is 0 Å². The summed E-state index contributed by atoms with van der Waals surface area (Å²) in [6, 6.07) is 0. The summed E-state index contributed by atoms with van der Waals surface area (Å²) in [6.45, 7) is -0.0874. The predicted octanol–water partition coefficient (Wildman–Crippen LogP) is -0.335. The highest BCUT2D eigenvalue weighted by Gasteiger charge is 2.33. The lowest BCUT2D eigenvalue weighted by molar-refractivity contribution is -0.117. The molecule has 1 aromatic rings. The standard InChI is InChI=1S/C17H21I3N2O9/c1-5(24)21-13-11(19)8(10(18)9(12(13)20)17(30)31)16(29)22(2)3-6(25)14(27)15(28)7(26)4-23/h6-7,14-15,23,25-28H,3-4H2,1-2H3,(H,21,24)(H,30,31)/t6-,7+,14+,15+/m0/s1.